The first-order valence-corrected chi connectivity index (χ1v) is 7.29. The molecule has 1 N–H and O–H groups in total. The third kappa shape index (κ3) is 2.79. The summed E-state index contributed by atoms with van der Waals surface area (Å²) in [6.07, 6.45) is 4.25. The van der Waals surface area contributed by atoms with E-state index in [0.717, 1.165) is 31.7 Å². The predicted octanol–water partition coefficient (Wildman–Crippen LogP) is 3.57. The molecule has 0 atom stereocenters. The third-order valence-corrected chi connectivity index (χ3v) is 4.80. The van der Waals surface area contributed by atoms with Crippen molar-refractivity contribution in [2.24, 2.45) is 5.41 Å². The van der Waals surface area contributed by atoms with E-state index in [2.05, 4.69) is 13.8 Å². The fourth-order valence-electron chi connectivity index (χ4n) is 3.00. The zero-order chi connectivity index (χ0) is 14.8. The molecule has 1 aromatic rings. The van der Waals surface area contributed by atoms with Crippen LogP contribution in [0.3, 0.4) is 0 Å². The molecule has 0 aliphatic carbocycles. The SMILES string of the molecule is CCC1(CC)CCN(C(=O)c2ccc(F)cc2O)CC1. The van der Waals surface area contributed by atoms with Gasteiger partial charge < -0.3 is 10.0 Å². The molecule has 1 saturated heterocycles. The number of phenolic OH excluding ortho intramolecular Hbond substituents is 1. The molecule has 20 heavy (non-hydrogen) atoms. The van der Waals surface area contributed by atoms with E-state index in [0.29, 0.717) is 18.5 Å². The van der Waals surface area contributed by atoms with Crippen molar-refractivity contribution in [2.75, 3.05) is 13.1 Å². The van der Waals surface area contributed by atoms with Gasteiger partial charge in [0.1, 0.15) is 11.6 Å². The molecule has 0 aromatic heterocycles. The smallest absolute Gasteiger partial charge is 0.257 e. The number of rotatable bonds is 3. The maximum atomic E-state index is 13.0. The summed E-state index contributed by atoms with van der Waals surface area (Å²) in [5.41, 5.74) is 0.536. The molecule has 3 nitrogen and oxygen atoms in total. The van der Waals surface area contributed by atoms with Crippen LogP contribution in [0, 0.1) is 11.2 Å². The fraction of sp³-hybridized carbons (Fsp3) is 0.562. The molecule has 110 valence electrons. The Labute approximate surface area is 119 Å². The van der Waals surface area contributed by atoms with E-state index in [1.54, 1.807) is 4.90 Å². The summed E-state index contributed by atoms with van der Waals surface area (Å²) in [5.74, 6) is -1.02. The first-order chi connectivity index (χ1) is 9.51. The molecular formula is C16H22FNO2. The third-order valence-electron chi connectivity index (χ3n) is 4.80. The zero-order valence-corrected chi connectivity index (χ0v) is 12.2. The van der Waals surface area contributed by atoms with Gasteiger partial charge in [-0.3, -0.25) is 4.79 Å². The summed E-state index contributed by atoms with van der Waals surface area (Å²) in [6.45, 7) is 5.81. The van der Waals surface area contributed by atoms with Gasteiger partial charge in [-0.15, -0.1) is 0 Å². The van der Waals surface area contributed by atoms with Crippen molar-refractivity contribution < 1.29 is 14.3 Å². The number of carbonyl (C=O) groups is 1. The maximum Gasteiger partial charge on any atom is 0.257 e. The lowest BCUT2D eigenvalue weighted by molar-refractivity contribution is 0.0555. The van der Waals surface area contributed by atoms with E-state index in [9.17, 15) is 14.3 Å². The van der Waals surface area contributed by atoms with Crippen LogP contribution in [-0.2, 0) is 0 Å². The number of aromatic hydroxyl groups is 1. The van der Waals surface area contributed by atoms with E-state index in [1.807, 2.05) is 0 Å². The van der Waals surface area contributed by atoms with E-state index in [1.165, 1.54) is 12.1 Å². The number of nitrogens with zero attached hydrogens (tertiary/aromatic N) is 1. The van der Waals surface area contributed by atoms with Crippen LogP contribution >= 0.6 is 0 Å². The van der Waals surface area contributed by atoms with Gasteiger partial charge in [0.2, 0.25) is 0 Å². The molecule has 0 spiro atoms. The van der Waals surface area contributed by atoms with Gasteiger partial charge in [-0.1, -0.05) is 26.7 Å². The first kappa shape index (κ1) is 14.8. The predicted molar refractivity (Wildman–Crippen MR) is 76.2 cm³/mol. The second-order valence-electron chi connectivity index (χ2n) is 5.66. The van der Waals surface area contributed by atoms with E-state index < -0.39 is 5.82 Å². The lowest BCUT2D eigenvalue weighted by atomic mass is 9.74. The highest BCUT2D eigenvalue weighted by Crippen LogP contribution is 2.38. The highest BCUT2D eigenvalue weighted by atomic mass is 19.1. The Hall–Kier alpha value is -1.58. The number of phenols is 1. The van der Waals surface area contributed by atoms with Gasteiger partial charge in [0, 0.05) is 19.2 Å². The minimum Gasteiger partial charge on any atom is -0.507 e. The van der Waals surface area contributed by atoms with Gasteiger partial charge in [0.25, 0.3) is 5.91 Å². The summed E-state index contributed by atoms with van der Waals surface area (Å²) >= 11 is 0. The number of halogens is 1. The van der Waals surface area contributed by atoms with E-state index in [4.69, 9.17) is 0 Å². The van der Waals surface area contributed by atoms with Crippen LogP contribution in [0.4, 0.5) is 4.39 Å². The molecule has 1 aliphatic heterocycles. The summed E-state index contributed by atoms with van der Waals surface area (Å²) in [4.78, 5) is 14.1. The standard InChI is InChI=1S/C16H22FNO2/c1-3-16(4-2)7-9-18(10-8-16)15(20)13-6-5-12(17)11-14(13)19/h5-6,11,19H,3-4,7-10H2,1-2H3. The molecule has 0 saturated carbocycles. The molecule has 4 heteroatoms. The quantitative estimate of drug-likeness (QED) is 0.918. The molecule has 1 aliphatic rings. The Kier molecular flexibility index (Phi) is 4.31. The first-order valence-electron chi connectivity index (χ1n) is 7.29. The van der Waals surface area contributed by atoms with Gasteiger partial charge in [0.05, 0.1) is 5.56 Å². The topological polar surface area (TPSA) is 40.5 Å². The molecule has 1 amide bonds. The average Bonchev–Trinajstić information content (AvgIpc) is 2.47. The van der Waals surface area contributed by atoms with Crippen LogP contribution in [0.1, 0.15) is 49.9 Å². The normalized spacial score (nSPS) is 18.1. The number of hydrogen-bond acceptors (Lipinski definition) is 2. The largest absolute Gasteiger partial charge is 0.507 e. The average molecular weight is 279 g/mol. The van der Waals surface area contributed by atoms with Crippen LogP contribution in [0.15, 0.2) is 18.2 Å². The highest BCUT2D eigenvalue weighted by molar-refractivity contribution is 5.96. The van der Waals surface area contributed by atoms with Gasteiger partial charge in [0.15, 0.2) is 0 Å². The number of likely N-dealkylation sites (tertiary alicyclic amines) is 1. The van der Waals surface area contributed by atoms with Crippen LogP contribution in [-0.4, -0.2) is 29.0 Å². The van der Waals surface area contributed by atoms with Crippen molar-refractivity contribution in [3.05, 3.63) is 29.6 Å². The van der Waals surface area contributed by atoms with Crippen LogP contribution in [0.5, 0.6) is 5.75 Å². The van der Waals surface area contributed by atoms with Gasteiger partial charge in [-0.25, -0.2) is 4.39 Å². The number of benzene rings is 1. The number of hydrogen-bond donors (Lipinski definition) is 1. The van der Waals surface area contributed by atoms with E-state index >= 15 is 0 Å². The molecule has 1 fully saturated rings. The summed E-state index contributed by atoms with van der Waals surface area (Å²) in [7, 11) is 0. The Balaban J connectivity index is 2.09. The highest BCUT2D eigenvalue weighted by Gasteiger charge is 2.33. The Bertz CT molecular complexity index is 487. The molecule has 1 heterocycles. The number of amides is 1. The monoisotopic (exact) mass is 279 g/mol. The molecule has 0 bridgehead atoms. The minimum absolute atomic E-state index is 0.187. The Morgan fingerprint density at radius 2 is 1.90 bits per heavy atom. The van der Waals surface area contributed by atoms with Crippen molar-refractivity contribution in [3.8, 4) is 5.75 Å². The van der Waals surface area contributed by atoms with E-state index in [-0.39, 0.29) is 17.2 Å². The second-order valence-corrected chi connectivity index (χ2v) is 5.66. The van der Waals surface area contributed by atoms with Crippen LogP contribution < -0.4 is 0 Å². The van der Waals surface area contributed by atoms with Gasteiger partial charge in [-0.05, 0) is 30.4 Å². The Morgan fingerprint density at radius 1 is 1.30 bits per heavy atom. The molecule has 0 radical (unpaired) electrons. The van der Waals surface area contributed by atoms with Crippen molar-refractivity contribution in [3.63, 3.8) is 0 Å². The fourth-order valence-corrected chi connectivity index (χ4v) is 3.00. The van der Waals surface area contributed by atoms with Crippen LogP contribution in [0.2, 0.25) is 0 Å². The summed E-state index contributed by atoms with van der Waals surface area (Å²) in [6, 6.07) is 3.55. The van der Waals surface area contributed by atoms with Crippen molar-refractivity contribution in [1.82, 2.24) is 4.90 Å². The number of carbonyl (C=O) groups excluding carboxylic acids is 1. The zero-order valence-electron chi connectivity index (χ0n) is 12.2. The minimum atomic E-state index is -0.534. The molecular weight excluding hydrogens is 257 g/mol. The lowest BCUT2D eigenvalue weighted by Crippen LogP contribution is -2.42. The lowest BCUT2D eigenvalue weighted by Gasteiger charge is -2.41. The number of piperidine rings is 1. The van der Waals surface area contributed by atoms with Gasteiger partial charge >= 0.3 is 0 Å². The van der Waals surface area contributed by atoms with Crippen LogP contribution in [0.25, 0.3) is 0 Å². The Morgan fingerprint density at radius 3 is 2.40 bits per heavy atom. The van der Waals surface area contributed by atoms with Crippen molar-refractivity contribution >= 4 is 5.91 Å². The van der Waals surface area contributed by atoms with Crippen molar-refractivity contribution in [2.45, 2.75) is 39.5 Å². The summed E-state index contributed by atoms with van der Waals surface area (Å²) < 4.78 is 13.0. The van der Waals surface area contributed by atoms with Gasteiger partial charge in [-0.2, -0.15) is 0 Å². The maximum absolute atomic E-state index is 13.0. The summed E-state index contributed by atoms with van der Waals surface area (Å²) in [5, 5.41) is 9.70. The molecule has 0 unspecified atom stereocenters. The molecule has 2 rings (SSSR count). The second kappa shape index (κ2) is 5.81. The van der Waals surface area contributed by atoms with Crippen molar-refractivity contribution in [1.29, 1.82) is 0 Å². The molecule has 1 aromatic carbocycles.